The zero-order valence-corrected chi connectivity index (χ0v) is 7.26. The molecular weight excluding hydrogens is 166 g/mol. The van der Waals surface area contributed by atoms with Crippen molar-refractivity contribution in [2.75, 3.05) is 19.4 Å². The van der Waals surface area contributed by atoms with E-state index in [9.17, 15) is 8.42 Å². The molecule has 1 fully saturated rings. The van der Waals surface area contributed by atoms with Gasteiger partial charge in [0.2, 0.25) is 0 Å². The lowest BCUT2D eigenvalue weighted by Gasteiger charge is -2.08. The molecule has 0 aromatic rings. The molecule has 0 unspecified atom stereocenters. The van der Waals surface area contributed by atoms with Crippen LogP contribution in [0, 0.1) is 5.41 Å². The fraction of sp³-hybridized carbons (Fsp3) is 1.00. The van der Waals surface area contributed by atoms with Gasteiger partial charge in [-0.2, -0.15) is 0 Å². The lowest BCUT2D eigenvalue weighted by atomic mass is 10.1. The standard InChI is InChI=1S/C6H13NO3S/c1-11(9,10)5-2-6(5,3-7)4-8/h5,8H,2-4,7H2,1H3/t5-,6-/m1/s1. The molecule has 0 aromatic carbocycles. The second-order valence-electron chi connectivity index (χ2n) is 3.25. The van der Waals surface area contributed by atoms with E-state index in [-0.39, 0.29) is 13.2 Å². The van der Waals surface area contributed by atoms with Crippen LogP contribution in [0.15, 0.2) is 0 Å². The minimum absolute atomic E-state index is 0.124. The SMILES string of the molecule is CS(=O)(=O)[C@@H]1C[C@@]1(CN)CO. The predicted octanol–water partition coefficient (Wildman–Crippen LogP) is -1.26. The first-order chi connectivity index (χ1) is 4.96. The summed E-state index contributed by atoms with van der Waals surface area (Å²) in [5, 5.41) is 8.43. The molecule has 1 aliphatic rings. The largest absolute Gasteiger partial charge is 0.396 e. The van der Waals surface area contributed by atoms with Gasteiger partial charge in [-0.3, -0.25) is 0 Å². The molecule has 4 nitrogen and oxygen atoms in total. The Bertz CT molecular complexity index is 243. The molecule has 0 saturated heterocycles. The van der Waals surface area contributed by atoms with E-state index >= 15 is 0 Å². The van der Waals surface area contributed by atoms with E-state index in [2.05, 4.69) is 0 Å². The van der Waals surface area contributed by atoms with Gasteiger partial charge in [0.05, 0.1) is 11.9 Å². The molecule has 11 heavy (non-hydrogen) atoms. The van der Waals surface area contributed by atoms with Gasteiger partial charge in [-0.25, -0.2) is 8.42 Å². The fourth-order valence-corrected chi connectivity index (χ4v) is 3.08. The van der Waals surface area contributed by atoms with Crippen molar-refractivity contribution in [2.45, 2.75) is 11.7 Å². The maximum absolute atomic E-state index is 11.0. The molecule has 1 aliphatic carbocycles. The number of rotatable bonds is 3. The minimum atomic E-state index is -3.00. The van der Waals surface area contributed by atoms with Crippen LogP contribution in [-0.4, -0.2) is 38.2 Å². The number of hydrogen-bond donors (Lipinski definition) is 2. The summed E-state index contributed by atoms with van der Waals surface area (Å²) in [5.74, 6) is 0. The van der Waals surface area contributed by atoms with Crippen molar-refractivity contribution in [1.29, 1.82) is 0 Å². The highest BCUT2D eigenvalue weighted by atomic mass is 32.2. The number of hydrogen-bond acceptors (Lipinski definition) is 4. The summed E-state index contributed by atoms with van der Waals surface area (Å²) in [6.45, 7) is 0.127. The van der Waals surface area contributed by atoms with Crippen molar-refractivity contribution in [2.24, 2.45) is 11.1 Å². The van der Waals surface area contributed by atoms with Crippen LogP contribution in [0.1, 0.15) is 6.42 Å². The smallest absolute Gasteiger partial charge is 0.151 e. The Hall–Kier alpha value is -0.130. The Morgan fingerprint density at radius 3 is 2.36 bits per heavy atom. The first-order valence-electron chi connectivity index (χ1n) is 3.46. The predicted molar refractivity (Wildman–Crippen MR) is 41.8 cm³/mol. The van der Waals surface area contributed by atoms with Crippen LogP contribution in [0.3, 0.4) is 0 Å². The number of nitrogens with two attached hydrogens (primary N) is 1. The molecule has 1 saturated carbocycles. The molecule has 5 heteroatoms. The van der Waals surface area contributed by atoms with Gasteiger partial charge in [-0.1, -0.05) is 0 Å². The second kappa shape index (κ2) is 2.43. The zero-order chi connectivity index (χ0) is 8.70. The first-order valence-corrected chi connectivity index (χ1v) is 5.41. The lowest BCUT2D eigenvalue weighted by Crippen LogP contribution is -2.26. The van der Waals surface area contributed by atoms with Gasteiger partial charge in [0, 0.05) is 18.2 Å². The highest BCUT2D eigenvalue weighted by molar-refractivity contribution is 7.91. The molecule has 0 aliphatic heterocycles. The molecule has 66 valence electrons. The quantitative estimate of drug-likeness (QED) is 0.566. The van der Waals surface area contributed by atoms with Crippen molar-refractivity contribution < 1.29 is 13.5 Å². The third kappa shape index (κ3) is 1.40. The highest BCUT2D eigenvalue weighted by Crippen LogP contribution is 2.49. The molecule has 0 heterocycles. The van der Waals surface area contributed by atoms with Gasteiger partial charge in [0.1, 0.15) is 0 Å². The van der Waals surface area contributed by atoms with Crippen LogP contribution in [0.25, 0.3) is 0 Å². The van der Waals surface area contributed by atoms with Gasteiger partial charge in [0.15, 0.2) is 9.84 Å². The van der Waals surface area contributed by atoms with Gasteiger partial charge >= 0.3 is 0 Å². The number of aliphatic hydroxyl groups is 1. The van der Waals surface area contributed by atoms with E-state index in [4.69, 9.17) is 10.8 Å². The molecule has 1 rings (SSSR count). The Morgan fingerprint density at radius 2 is 2.27 bits per heavy atom. The first kappa shape index (κ1) is 8.96. The summed E-state index contributed by atoms with van der Waals surface area (Å²) >= 11 is 0. The molecule has 3 N–H and O–H groups in total. The van der Waals surface area contributed by atoms with Gasteiger partial charge < -0.3 is 10.8 Å². The normalized spacial score (nSPS) is 37.2. The summed E-state index contributed by atoms with van der Waals surface area (Å²) in [6.07, 6.45) is 1.70. The molecule has 0 spiro atoms. The molecular formula is C6H13NO3S. The summed E-state index contributed by atoms with van der Waals surface area (Å²) in [4.78, 5) is 0. The maximum atomic E-state index is 11.0. The van der Waals surface area contributed by atoms with Crippen LogP contribution in [0.2, 0.25) is 0 Å². The van der Waals surface area contributed by atoms with Crippen molar-refractivity contribution in [1.82, 2.24) is 0 Å². The van der Waals surface area contributed by atoms with Crippen molar-refractivity contribution in [3.63, 3.8) is 0 Å². The maximum Gasteiger partial charge on any atom is 0.151 e. The Balaban J connectivity index is 2.73. The molecule has 0 aromatic heterocycles. The topological polar surface area (TPSA) is 80.4 Å². The van der Waals surface area contributed by atoms with Crippen molar-refractivity contribution >= 4 is 9.84 Å². The minimum Gasteiger partial charge on any atom is -0.396 e. The van der Waals surface area contributed by atoms with Crippen molar-refractivity contribution in [3.8, 4) is 0 Å². The summed E-state index contributed by atoms with van der Waals surface area (Å²) in [5.41, 5.74) is 4.82. The zero-order valence-electron chi connectivity index (χ0n) is 6.45. The van der Waals surface area contributed by atoms with Crippen LogP contribution in [-0.2, 0) is 9.84 Å². The molecule has 0 amide bonds. The number of aliphatic hydroxyl groups excluding tert-OH is 1. The average Bonchev–Trinajstić information content (AvgIpc) is 2.61. The van der Waals surface area contributed by atoms with Gasteiger partial charge in [-0.05, 0) is 6.42 Å². The second-order valence-corrected chi connectivity index (χ2v) is 5.47. The van der Waals surface area contributed by atoms with E-state index in [1.165, 1.54) is 6.26 Å². The van der Waals surface area contributed by atoms with Gasteiger partial charge in [-0.15, -0.1) is 0 Å². The third-order valence-corrected chi connectivity index (χ3v) is 4.05. The fourth-order valence-electron chi connectivity index (χ4n) is 1.36. The van der Waals surface area contributed by atoms with Crippen LogP contribution in [0.5, 0.6) is 0 Å². The number of sulfone groups is 1. The van der Waals surface area contributed by atoms with E-state index < -0.39 is 20.5 Å². The lowest BCUT2D eigenvalue weighted by molar-refractivity contribution is 0.217. The van der Waals surface area contributed by atoms with Crippen LogP contribution >= 0.6 is 0 Å². The Labute approximate surface area is 66.3 Å². The van der Waals surface area contributed by atoms with Gasteiger partial charge in [0.25, 0.3) is 0 Å². The molecule has 0 bridgehead atoms. The van der Waals surface area contributed by atoms with Crippen molar-refractivity contribution in [3.05, 3.63) is 0 Å². The van der Waals surface area contributed by atoms with Crippen LogP contribution in [0.4, 0.5) is 0 Å². The average molecular weight is 179 g/mol. The van der Waals surface area contributed by atoms with E-state index in [0.29, 0.717) is 6.42 Å². The van der Waals surface area contributed by atoms with E-state index in [1.807, 2.05) is 0 Å². The monoisotopic (exact) mass is 179 g/mol. The molecule has 2 atom stereocenters. The van der Waals surface area contributed by atoms with E-state index in [0.717, 1.165) is 0 Å². The summed E-state index contributed by atoms with van der Waals surface area (Å²) in [6, 6.07) is 0. The highest BCUT2D eigenvalue weighted by Gasteiger charge is 2.58. The molecule has 0 radical (unpaired) electrons. The van der Waals surface area contributed by atoms with E-state index in [1.54, 1.807) is 0 Å². The third-order valence-electron chi connectivity index (χ3n) is 2.35. The Morgan fingerprint density at radius 1 is 1.73 bits per heavy atom. The van der Waals surface area contributed by atoms with Crippen LogP contribution < -0.4 is 5.73 Å². The summed E-state index contributed by atoms with van der Waals surface area (Å²) in [7, 11) is -3.00. The Kier molecular flexibility index (Phi) is 1.98. The summed E-state index contributed by atoms with van der Waals surface area (Å²) < 4.78 is 21.9.